The van der Waals surface area contributed by atoms with E-state index in [1.165, 1.54) is 0 Å². The zero-order valence-electron chi connectivity index (χ0n) is 15.1. The van der Waals surface area contributed by atoms with E-state index >= 15 is 8.78 Å². The van der Waals surface area contributed by atoms with Crippen molar-refractivity contribution in [2.75, 3.05) is 0 Å². The number of hydrogen-bond donors (Lipinski definition) is 0. The summed E-state index contributed by atoms with van der Waals surface area (Å²) in [5.41, 5.74) is -19.9. The van der Waals surface area contributed by atoms with Gasteiger partial charge in [0.1, 0.15) is 17.5 Å². The highest BCUT2D eigenvalue weighted by atomic mass is 19.2. The molecular formula is C20H3F13. The molecule has 0 fully saturated rings. The van der Waals surface area contributed by atoms with Crippen LogP contribution in [0, 0.1) is 64.0 Å². The Hall–Kier alpha value is -3.25. The van der Waals surface area contributed by atoms with Gasteiger partial charge in [-0.25, -0.2) is 57.1 Å². The Balaban J connectivity index is 2.28. The topological polar surface area (TPSA) is 0 Å². The molecule has 4 rings (SSSR count). The van der Waals surface area contributed by atoms with Crippen LogP contribution in [0.1, 0.15) is 22.3 Å². The molecule has 0 heterocycles. The van der Waals surface area contributed by atoms with Crippen LogP contribution in [0.4, 0.5) is 57.1 Å². The van der Waals surface area contributed by atoms with E-state index in [1.54, 1.807) is 0 Å². The molecule has 0 radical (unpaired) electrons. The summed E-state index contributed by atoms with van der Waals surface area (Å²) in [6.07, 6.45) is 0. The Labute approximate surface area is 173 Å². The van der Waals surface area contributed by atoms with E-state index in [2.05, 4.69) is 0 Å². The van der Waals surface area contributed by atoms with Crippen molar-refractivity contribution in [1.29, 1.82) is 0 Å². The van der Waals surface area contributed by atoms with Gasteiger partial charge in [0.05, 0.1) is 11.1 Å². The fourth-order valence-corrected chi connectivity index (χ4v) is 3.90. The molecule has 13 heteroatoms. The molecule has 3 aromatic rings. The van der Waals surface area contributed by atoms with Gasteiger partial charge in [-0.05, 0) is 0 Å². The van der Waals surface area contributed by atoms with Crippen molar-refractivity contribution < 1.29 is 57.1 Å². The van der Waals surface area contributed by atoms with Gasteiger partial charge in [-0.3, -0.25) is 0 Å². The first kappa shape index (κ1) is 22.9. The minimum Gasteiger partial charge on any atom is -0.229 e. The first-order valence-electron chi connectivity index (χ1n) is 8.44. The third-order valence-electron chi connectivity index (χ3n) is 5.24. The van der Waals surface area contributed by atoms with Gasteiger partial charge in [-0.15, -0.1) is 0 Å². The predicted molar refractivity (Wildman–Crippen MR) is 82.6 cm³/mol. The summed E-state index contributed by atoms with van der Waals surface area (Å²) in [4.78, 5) is 0. The van der Waals surface area contributed by atoms with Gasteiger partial charge in [0.15, 0.2) is 46.5 Å². The average Bonchev–Trinajstić information content (AvgIpc) is 2.72. The first-order valence-corrected chi connectivity index (χ1v) is 8.44. The smallest absolute Gasteiger partial charge is 0.212 e. The van der Waals surface area contributed by atoms with Gasteiger partial charge in [0.25, 0.3) is 0 Å². The van der Waals surface area contributed by atoms with Crippen LogP contribution in [0.25, 0.3) is 0 Å². The second kappa shape index (κ2) is 6.87. The van der Waals surface area contributed by atoms with Crippen molar-refractivity contribution in [3.05, 3.63) is 104 Å². The van der Waals surface area contributed by atoms with Gasteiger partial charge in [-0.1, -0.05) is 0 Å². The third-order valence-corrected chi connectivity index (χ3v) is 5.24. The minimum atomic E-state index is -5.11. The molecule has 0 spiro atoms. The Morgan fingerprint density at radius 3 is 1.12 bits per heavy atom. The van der Waals surface area contributed by atoms with Crippen molar-refractivity contribution in [2.45, 2.75) is 11.3 Å². The van der Waals surface area contributed by atoms with Gasteiger partial charge in [0.2, 0.25) is 11.3 Å². The number of benzene rings is 3. The fraction of sp³-hybridized carbons (Fsp3) is 0.100. The summed E-state index contributed by atoms with van der Waals surface area (Å²) in [6, 6.07) is -1.13. The molecule has 0 saturated heterocycles. The Bertz CT molecular complexity index is 1320. The number of fused-ring (bicyclic) bond motifs is 1. The van der Waals surface area contributed by atoms with E-state index in [0.29, 0.717) is 0 Å². The lowest BCUT2D eigenvalue weighted by Crippen LogP contribution is -2.58. The minimum absolute atomic E-state index is 0.314. The zero-order chi connectivity index (χ0) is 24.8. The van der Waals surface area contributed by atoms with Crippen LogP contribution in [-0.4, -0.2) is 0 Å². The molecule has 0 aliphatic heterocycles. The standard InChI is InChI=1S/C20H3F13/c21-4-1-5(22)9(6(23)2-4)19(32)10-11(16(29)18(31)17(30)15(10)28)20(19,33)12-13(26)7(24)3-8(25)14(12)27/h1-3H. The van der Waals surface area contributed by atoms with E-state index in [1.807, 2.05) is 0 Å². The SMILES string of the molecule is Fc1cc(F)c(C2(F)c3c(F)c(F)c(F)c(F)c3C2(F)c2c(F)c(F)cc(F)c2F)c(F)c1. The lowest BCUT2D eigenvalue weighted by Gasteiger charge is -2.50. The van der Waals surface area contributed by atoms with E-state index in [9.17, 15) is 48.3 Å². The van der Waals surface area contributed by atoms with Crippen molar-refractivity contribution in [2.24, 2.45) is 0 Å². The number of alkyl halides is 2. The van der Waals surface area contributed by atoms with Crippen LogP contribution >= 0.6 is 0 Å². The van der Waals surface area contributed by atoms with E-state index in [4.69, 9.17) is 0 Å². The van der Waals surface area contributed by atoms with Gasteiger partial charge >= 0.3 is 0 Å². The average molecular weight is 490 g/mol. The van der Waals surface area contributed by atoms with Crippen LogP contribution in [0.15, 0.2) is 18.2 Å². The molecule has 33 heavy (non-hydrogen) atoms. The second-order valence-corrected chi connectivity index (χ2v) is 6.91. The molecule has 0 aromatic heterocycles. The molecule has 2 unspecified atom stereocenters. The van der Waals surface area contributed by atoms with Crippen LogP contribution in [0.3, 0.4) is 0 Å². The molecule has 2 atom stereocenters. The van der Waals surface area contributed by atoms with E-state index < -0.39 is 104 Å². The molecule has 174 valence electrons. The van der Waals surface area contributed by atoms with Crippen molar-refractivity contribution in [1.82, 2.24) is 0 Å². The highest BCUT2D eigenvalue weighted by Gasteiger charge is 2.75. The summed E-state index contributed by atoms with van der Waals surface area (Å²) in [5, 5.41) is 0. The second-order valence-electron chi connectivity index (χ2n) is 6.91. The van der Waals surface area contributed by atoms with Crippen molar-refractivity contribution in [3.8, 4) is 0 Å². The number of hydrogen-bond acceptors (Lipinski definition) is 0. The third kappa shape index (κ3) is 2.55. The normalized spacial score (nSPS) is 21.7. The molecule has 1 aliphatic rings. The van der Waals surface area contributed by atoms with Gasteiger partial charge < -0.3 is 0 Å². The Kier molecular flexibility index (Phi) is 4.78. The lowest BCUT2D eigenvalue weighted by atomic mass is 9.56. The summed E-state index contributed by atoms with van der Waals surface area (Å²) in [5.74, 6) is -28.1. The van der Waals surface area contributed by atoms with Crippen molar-refractivity contribution >= 4 is 0 Å². The quantitative estimate of drug-likeness (QED) is 0.214. The number of halogens is 13. The van der Waals surface area contributed by atoms with E-state index in [-0.39, 0.29) is 12.1 Å². The summed E-state index contributed by atoms with van der Waals surface area (Å²) < 4.78 is 187. The molecule has 1 aliphatic carbocycles. The Morgan fingerprint density at radius 1 is 0.364 bits per heavy atom. The monoisotopic (exact) mass is 490 g/mol. The highest BCUT2D eigenvalue weighted by molar-refractivity contribution is 5.65. The van der Waals surface area contributed by atoms with E-state index in [0.717, 1.165) is 0 Å². The first-order chi connectivity index (χ1) is 15.2. The fourth-order valence-electron chi connectivity index (χ4n) is 3.90. The van der Waals surface area contributed by atoms with Gasteiger partial charge in [0, 0.05) is 29.3 Å². The Morgan fingerprint density at radius 2 is 0.727 bits per heavy atom. The van der Waals surface area contributed by atoms with Crippen molar-refractivity contribution in [3.63, 3.8) is 0 Å². The molecule has 0 nitrogen and oxygen atoms in total. The summed E-state index contributed by atoms with van der Waals surface area (Å²) in [7, 11) is 0. The predicted octanol–water partition coefficient (Wildman–Crippen LogP) is 6.66. The summed E-state index contributed by atoms with van der Waals surface area (Å²) >= 11 is 0. The maximum absolute atomic E-state index is 16.1. The van der Waals surface area contributed by atoms with Crippen LogP contribution in [0.5, 0.6) is 0 Å². The lowest BCUT2D eigenvalue weighted by molar-refractivity contribution is -0.0448. The molecule has 0 amide bonds. The largest absolute Gasteiger partial charge is 0.229 e. The summed E-state index contributed by atoms with van der Waals surface area (Å²) in [6.45, 7) is 0. The maximum atomic E-state index is 16.1. The van der Waals surface area contributed by atoms with Crippen LogP contribution in [0.2, 0.25) is 0 Å². The molecular weight excluding hydrogens is 487 g/mol. The van der Waals surface area contributed by atoms with Gasteiger partial charge in [-0.2, -0.15) is 0 Å². The van der Waals surface area contributed by atoms with Crippen LogP contribution in [-0.2, 0) is 11.3 Å². The maximum Gasteiger partial charge on any atom is 0.212 e. The molecule has 0 saturated carbocycles. The highest BCUT2D eigenvalue weighted by Crippen LogP contribution is 2.67. The zero-order valence-corrected chi connectivity index (χ0v) is 15.1. The van der Waals surface area contributed by atoms with Crippen LogP contribution < -0.4 is 0 Å². The molecule has 3 aromatic carbocycles. The molecule has 0 bridgehead atoms. The number of rotatable bonds is 2. The molecule has 0 N–H and O–H groups in total.